The fourth-order valence-electron chi connectivity index (χ4n) is 5.19. The van der Waals surface area contributed by atoms with Gasteiger partial charge in [0.05, 0.1) is 12.7 Å². The van der Waals surface area contributed by atoms with Gasteiger partial charge in [-0.1, -0.05) is 11.6 Å². The van der Waals surface area contributed by atoms with Gasteiger partial charge in [0, 0.05) is 17.2 Å². The van der Waals surface area contributed by atoms with Gasteiger partial charge in [-0.3, -0.25) is 4.79 Å². The molecular weight excluding hydrogens is 596 g/mol. The van der Waals surface area contributed by atoms with E-state index in [2.05, 4.69) is 0 Å². The molecule has 0 spiro atoms. The van der Waals surface area contributed by atoms with E-state index < -0.39 is 78.8 Å². The van der Waals surface area contributed by atoms with Gasteiger partial charge in [-0.05, 0) is 51.5 Å². The molecule has 0 bridgehead atoms. The zero-order valence-corrected chi connectivity index (χ0v) is 24.6. The average Bonchev–Trinajstić information content (AvgIpc) is 2.98. The number of hydrogen-bond donors (Lipinski definition) is 8. The predicted octanol–water partition coefficient (Wildman–Crippen LogP) is 0.755. The van der Waals surface area contributed by atoms with Gasteiger partial charge < -0.3 is 64.2 Å². The van der Waals surface area contributed by atoms with Gasteiger partial charge >= 0.3 is 0 Å². The van der Waals surface area contributed by atoms with Crippen molar-refractivity contribution in [3.63, 3.8) is 0 Å². The number of hydrogen-bond acceptors (Lipinski definition) is 14. The molecule has 45 heavy (non-hydrogen) atoms. The lowest BCUT2D eigenvalue weighted by molar-refractivity contribution is -0.341. The van der Waals surface area contributed by atoms with E-state index in [1.807, 2.05) is 13.8 Å². The Kier molecular flexibility index (Phi) is 9.39. The Labute approximate surface area is 256 Å². The number of phenols is 3. The molecule has 2 saturated heterocycles. The van der Waals surface area contributed by atoms with Crippen LogP contribution < -0.4 is 10.2 Å². The fraction of sp³-hybridized carbons (Fsp3) is 0.452. The first-order chi connectivity index (χ1) is 21.3. The SMILES string of the molecule is CC(C)=CCc1c(O)cc(O)c2c(=O)c(O[C@@H]3O[C@H](C)[C@@H](O)[C@H](O)[C@@H]3O[C@@H]3OC[C@H](O)[C@@H](O)[C@@H]3O)c(-c3ccc(O)cc3)oc12. The lowest BCUT2D eigenvalue weighted by Crippen LogP contribution is -2.62. The molecule has 3 aromatic rings. The van der Waals surface area contributed by atoms with E-state index >= 15 is 0 Å². The predicted molar refractivity (Wildman–Crippen MR) is 156 cm³/mol. The summed E-state index contributed by atoms with van der Waals surface area (Å²) in [7, 11) is 0. The highest BCUT2D eigenvalue weighted by Crippen LogP contribution is 2.40. The number of ether oxygens (including phenoxy) is 4. The Balaban J connectivity index is 1.65. The number of rotatable bonds is 7. The minimum Gasteiger partial charge on any atom is -0.508 e. The van der Waals surface area contributed by atoms with Gasteiger partial charge in [0.15, 0.2) is 18.2 Å². The molecule has 2 aromatic carbocycles. The Hall–Kier alpha value is -3.73. The number of phenolic OH excluding ortho intramolecular Hbond substituents is 3. The zero-order chi connectivity index (χ0) is 32.7. The van der Waals surface area contributed by atoms with Crippen LogP contribution in [0, 0.1) is 0 Å². The van der Waals surface area contributed by atoms with Crippen LogP contribution in [0.2, 0.25) is 0 Å². The molecule has 2 aliphatic heterocycles. The molecule has 0 radical (unpaired) electrons. The molecule has 9 atom stereocenters. The third-order valence-electron chi connectivity index (χ3n) is 7.79. The lowest BCUT2D eigenvalue weighted by atomic mass is 9.99. The van der Waals surface area contributed by atoms with Crippen LogP contribution in [0.25, 0.3) is 22.3 Å². The summed E-state index contributed by atoms with van der Waals surface area (Å²) in [5.41, 5.74) is 0.347. The molecule has 2 aliphatic rings. The van der Waals surface area contributed by atoms with E-state index in [-0.39, 0.29) is 45.8 Å². The number of aliphatic hydroxyl groups is 5. The van der Waals surface area contributed by atoms with Crippen molar-refractivity contribution in [2.24, 2.45) is 0 Å². The van der Waals surface area contributed by atoms with Gasteiger partial charge in [-0.15, -0.1) is 0 Å². The minimum absolute atomic E-state index is 0.0859. The van der Waals surface area contributed by atoms with Crippen LogP contribution in [0.4, 0.5) is 0 Å². The smallest absolute Gasteiger partial charge is 0.239 e. The molecule has 8 N–H and O–H groups in total. The van der Waals surface area contributed by atoms with Crippen molar-refractivity contribution < 1.29 is 64.2 Å². The molecule has 5 rings (SSSR count). The molecule has 1 aromatic heterocycles. The Morgan fingerprint density at radius 3 is 2.29 bits per heavy atom. The van der Waals surface area contributed by atoms with E-state index in [1.165, 1.54) is 31.2 Å². The summed E-state index contributed by atoms with van der Waals surface area (Å²) in [4.78, 5) is 14.1. The number of fused-ring (bicyclic) bond motifs is 1. The van der Waals surface area contributed by atoms with Crippen molar-refractivity contribution in [1.29, 1.82) is 0 Å². The molecule has 244 valence electrons. The molecule has 3 heterocycles. The van der Waals surface area contributed by atoms with Crippen molar-refractivity contribution >= 4 is 11.0 Å². The maximum absolute atomic E-state index is 14.1. The summed E-state index contributed by atoms with van der Waals surface area (Å²) in [5, 5.41) is 82.9. The third kappa shape index (κ3) is 6.36. The summed E-state index contributed by atoms with van der Waals surface area (Å²) in [5.74, 6) is -1.72. The van der Waals surface area contributed by atoms with Crippen LogP contribution in [-0.4, -0.2) is 103 Å². The maximum Gasteiger partial charge on any atom is 0.239 e. The standard InChI is InChI=1S/C31H36O14/c1-12(2)4-9-16-17(33)10-18(34)20-23(38)28(26(43-27(16)20)14-5-7-15(32)8-6-14)44-31-29(24(39)21(36)13(3)42-31)45-30-25(40)22(37)19(35)11-41-30/h4-8,10,13,19,21-22,24-25,29-37,39-40H,9,11H2,1-3H3/t13-,19+,21-,22-,24+,25+,29+,30+,31+/m1/s1. The Morgan fingerprint density at radius 2 is 1.62 bits per heavy atom. The summed E-state index contributed by atoms with van der Waals surface area (Å²) >= 11 is 0. The van der Waals surface area contributed by atoms with E-state index in [0.29, 0.717) is 0 Å². The van der Waals surface area contributed by atoms with Gasteiger partial charge in [-0.2, -0.15) is 0 Å². The molecule has 0 aliphatic carbocycles. The Bertz CT molecular complexity index is 1610. The molecule has 14 heteroatoms. The summed E-state index contributed by atoms with van der Waals surface area (Å²) < 4.78 is 29.0. The van der Waals surface area contributed by atoms with E-state index in [4.69, 9.17) is 23.4 Å². The Morgan fingerprint density at radius 1 is 0.933 bits per heavy atom. The molecule has 0 saturated carbocycles. The molecule has 2 fully saturated rings. The number of aromatic hydroxyl groups is 3. The van der Waals surface area contributed by atoms with Crippen LogP contribution in [0.1, 0.15) is 26.3 Å². The fourth-order valence-corrected chi connectivity index (χ4v) is 5.19. The minimum atomic E-state index is -1.76. The van der Waals surface area contributed by atoms with Crippen LogP contribution in [0.15, 0.2) is 51.2 Å². The van der Waals surface area contributed by atoms with E-state index in [9.17, 15) is 45.6 Å². The molecule has 14 nitrogen and oxygen atoms in total. The normalized spacial score (nSPS) is 30.3. The summed E-state index contributed by atoms with van der Waals surface area (Å²) in [6.07, 6.45) is -12.1. The van der Waals surface area contributed by atoms with Crippen LogP contribution in [0.3, 0.4) is 0 Å². The van der Waals surface area contributed by atoms with Gasteiger partial charge in [0.25, 0.3) is 0 Å². The first kappa shape index (κ1) is 32.7. The number of allylic oxidation sites excluding steroid dienone is 2. The number of aliphatic hydroxyl groups excluding tert-OH is 5. The highest BCUT2D eigenvalue weighted by atomic mass is 16.8. The zero-order valence-electron chi connectivity index (χ0n) is 24.6. The largest absolute Gasteiger partial charge is 0.508 e. The van der Waals surface area contributed by atoms with Crippen molar-refractivity contribution in [3.05, 3.63) is 57.8 Å². The quantitative estimate of drug-likeness (QED) is 0.168. The van der Waals surface area contributed by atoms with Crippen molar-refractivity contribution in [2.45, 2.75) is 82.5 Å². The van der Waals surface area contributed by atoms with E-state index in [1.54, 1.807) is 6.08 Å². The number of benzene rings is 2. The van der Waals surface area contributed by atoms with Crippen molar-refractivity contribution in [3.8, 4) is 34.3 Å². The highest BCUT2D eigenvalue weighted by molar-refractivity contribution is 5.91. The molecule has 0 amide bonds. The summed E-state index contributed by atoms with van der Waals surface area (Å²) in [6.45, 7) is 4.70. The monoisotopic (exact) mass is 632 g/mol. The van der Waals surface area contributed by atoms with E-state index in [0.717, 1.165) is 11.6 Å². The average molecular weight is 633 g/mol. The van der Waals surface area contributed by atoms with Gasteiger partial charge in [0.1, 0.15) is 58.7 Å². The van der Waals surface area contributed by atoms with Crippen LogP contribution in [-0.2, 0) is 20.6 Å². The maximum atomic E-state index is 14.1. The van der Waals surface area contributed by atoms with Gasteiger partial charge in [0.2, 0.25) is 17.5 Å². The highest BCUT2D eigenvalue weighted by Gasteiger charge is 2.49. The van der Waals surface area contributed by atoms with Crippen LogP contribution in [0.5, 0.6) is 23.0 Å². The third-order valence-corrected chi connectivity index (χ3v) is 7.79. The second kappa shape index (κ2) is 12.9. The first-order valence-electron chi connectivity index (χ1n) is 14.2. The first-order valence-corrected chi connectivity index (χ1v) is 14.2. The van der Waals surface area contributed by atoms with Gasteiger partial charge in [-0.25, -0.2) is 0 Å². The lowest BCUT2D eigenvalue weighted by Gasteiger charge is -2.44. The summed E-state index contributed by atoms with van der Waals surface area (Å²) in [6, 6.07) is 6.53. The van der Waals surface area contributed by atoms with Crippen molar-refractivity contribution in [1.82, 2.24) is 0 Å². The second-order valence-corrected chi connectivity index (χ2v) is 11.4. The molecule has 0 unspecified atom stereocenters. The topological polar surface area (TPSA) is 229 Å². The molecular formula is C31H36O14. The van der Waals surface area contributed by atoms with Crippen molar-refractivity contribution in [2.75, 3.05) is 6.61 Å². The van der Waals surface area contributed by atoms with Crippen LogP contribution >= 0.6 is 0 Å². The second-order valence-electron chi connectivity index (χ2n) is 11.4.